The van der Waals surface area contributed by atoms with E-state index in [-0.39, 0.29) is 11.5 Å². The van der Waals surface area contributed by atoms with Crippen molar-refractivity contribution < 1.29 is 19.1 Å². The van der Waals surface area contributed by atoms with E-state index in [9.17, 15) is 4.79 Å². The first kappa shape index (κ1) is 12.8. The lowest BCUT2D eigenvalue weighted by molar-refractivity contribution is 0.0697. The summed E-state index contributed by atoms with van der Waals surface area (Å²) in [5.74, 6) is 0.349. The van der Waals surface area contributed by atoms with Crippen molar-refractivity contribution in [3.05, 3.63) is 35.7 Å². The fourth-order valence-corrected chi connectivity index (χ4v) is 2.22. The molecule has 2 aromatic rings. The molecule has 6 nitrogen and oxygen atoms in total. The number of nitrogens with zero attached hydrogens (tertiary/aromatic N) is 2. The van der Waals surface area contributed by atoms with Crippen molar-refractivity contribution in [3.63, 3.8) is 0 Å². The molecule has 2 heterocycles. The van der Waals surface area contributed by atoms with E-state index in [4.69, 9.17) is 14.3 Å². The van der Waals surface area contributed by atoms with Crippen LogP contribution in [-0.4, -0.2) is 34.5 Å². The van der Waals surface area contributed by atoms with Gasteiger partial charge in [-0.2, -0.15) is 0 Å². The summed E-state index contributed by atoms with van der Waals surface area (Å²) in [6.07, 6.45) is 1.78. The van der Waals surface area contributed by atoms with Crippen LogP contribution in [0.4, 0.5) is 0 Å². The molecule has 0 spiro atoms. The first-order valence-corrected chi connectivity index (χ1v) is 6.49. The highest BCUT2D eigenvalue weighted by Gasteiger charge is 2.22. The molecule has 104 valence electrons. The van der Waals surface area contributed by atoms with Gasteiger partial charge in [0.2, 0.25) is 11.8 Å². The molecule has 0 saturated carbocycles. The first-order chi connectivity index (χ1) is 9.74. The second kappa shape index (κ2) is 5.42. The first-order valence-electron chi connectivity index (χ1n) is 6.49. The fraction of sp³-hybridized carbons (Fsp3) is 0.357. The van der Waals surface area contributed by atoms with Gasteiger partial charge in [-0.3, -0.25) is 0 Å². The van der Waals surface area contributed by atoms with Gasteiger partial charge < -0.3 is 14.3 Å². The average Bonchev–Trinajstić information content (AvgIpc) is 2.98. The van der Waals surface area contributed by atoms with E-state index in [0.29, 0.717) is 11.8 Å². The number of rotatable bonds is 3. The van der Waals surface area contributed by atoms with Crippen molar-refractivity contribution in [1.29, 1.82) is 0 Å². The molecule has 1 aromatic heterocycles. The Hall–Kier alpha value is -2.21. The molecule has 0 atom stereocenters. The summed E-state index contributed by atoms with van der Waals surface area (Å²) in [5.41, 5.74) is 0.957. The molecule has 1 saturated heterocycles. The molecule has 1 aliphatic heterocycles. The van der Waals surface area contributed by atoms with Crippen LogP contribution in [-0.2, 0) is 4.74 Å². The molecule has 6 heteroatoms. The molecule has 0 bridgehead atoms. The molecular formula is C14H14N2O4. The summed E-state index contributed by atoms with van der Waals surface area (Å²) < 4.78 is 11.0. The number of benzene rings is 1. The molecule has 1 aromatic carbocycles. The number of carboxylic acid groups (broad SMARTS) is 1. The van der Waals surface area contributed by atoms with Crippen LogP contribution < -0.4 is 0 Å². The molecule has 3 rings (SSSR count). The molecule has 0 unspecified atom stereocenters. The van der Waals surface area contributed by atoms with E-state index >= 15 is 0 Å². The van der Waals surface area contributed by atoms with Gasteiger partial charge in [-0.15, -0.1) is 10.2 Å². The van der Waals surface area contributed by atoms with Crippen molar-refractivity contribution in [2.45, 2.75) is 18.8 Å². The smallest absolute Gasteiger partial charge is 0.335 e. The van der Waals surface area contributed by atoms with Crippen LogP contribution in [0.25, 0.3) is 11.5 Å². The predicted octanol–water partition coefficient (Wildman–Crippen LogP) is 2.33. The van der Waals surface area contributed by atoms with Crippen LogP contribution in [0.15, 0.2) is 28.7 Å². The zero-order chi connectivity index (χ0) is 13.9. The normalized spacial score (nSPS) is 16.2. The Morgan fingerprint density at radius 2 is 1.85 bits per heavy atom. The molecule has 1 fully saturated rings. The van der Waals surface area contributed by atoms with Gasteiger partial charge >= 0.3 is 5.97 Å². The standard InChI is InChI=1S/C14H14N2O4/c17-14(18)11-3-1-9(2-4-11)12-15-16-13(20-12)10-5-7-19-8-6-10/h1-4,10H,5-8H2,(H,17,18). The molecule has 0 amide bonds. The highest BCUT2D eigenvalue weighted by atomic mass is 16.5. The lowest BCUT2D eigenvalue weighted by Gasteiger charge is -2.18. The third-order valence-corrected chi connectivity index (χ3v) is 3.39. The van der Waals surface area contributed by atoms with Crippen molar-refractivity contribution >= 4 is 5.97 Å². The number of aromatic carboxylic acids is 1. The predicted molar refractivity (Wildman–Crippen MR) is 69.5 cm³/mol. The number of carboxylic acids is 1. The monoisotopic (exact) mass is 274 g/mol. The van der Waals surface area contributed by atoms with Crippen LogP contribution in [0, 0.1) is 0 Å². The van der Waals surface area contributed by atoms with Crippen LogP contribution >= 0.6 is 0 Å². The van der Waals surface area contributed by atoms with Gasteiger partial charge in [-0.25, -0.2) is 4.79 Å². The van der Waals surface area contributed by atoms with Gasteiger partial charge in [0.15, 0.2) is 0 Å². The second-order valence-corrected chi connectivity index (χ2v) is 4.71. The van der Waals surface area contributed by atoms with E-state index in [1.54, 1.807) is 12.1 Å². The van der Waals surface area contributed by atoms with Gasteiger partial charge in [0.25, 0.3) is 0 Å². The fourth-order valence-electron chi connectivity index (χ4n) is 2.22. The van der Waals surface area contributed by atoms with E-state index in [1.807, 2.05) is 0 Å². The van der Waals surface area contributed by atoms with E-state index in [2.05, 4.69) is 10.2 Å². The summed E-state index contributed by atoms with van der Waals surface area (Å²) in [6, 6.07) is 6.39. The molecule has 20 heavy (non-hydrogen) atoms. The maximum atomic E-state index is 10.8. The summed E-state index contributed by atoms with van der Waals surface area (Å²) in [6.45, 7) is 1.44. The Morgan fingerprint density at radius 3 is 2.50 bits per heavy atom. The molecule has 1 N–H and O–H groups in total. The maximum Gasteiger partial charge on any atom is 0.335 e. The zero-order valence-electron chi connectivity index (χ0n) is 10.8. The van der Waals surface area contributed by atoms with Crippen molar-refractivity contribution in [2.24, 2.45) is 0 Å². The maximum absolute atomic E-state index is 10.8. The van der Waals surface area contributed by atoms with Crippen molar-refractivity contribution in [2.75, 3.05) is 13.2 Å². The van der Waals surface area contributed by atoms with Gasteiger partial charge in [-0.05, 0) is 37.1 Å². The van der Waals surface area contributed by atoms with E-state index in [1.165, 1.54) is 12.1 Å². The van der Waals surface area contributed by atoms with Crippen molar-refractivity contribution in [3.8, 4) is 11.5 Å². The SMILES string of the molecule is O=C(O)c1ccc(-c2nnc(C3CCOCC3)o2)cc1. The minimum absolute atomic E-state index is 0.234. The number of aromatic nitrogens is 2. The molecule has 1 aliphatic rings. The number of ether oxygens (including phenoxy) is 1. The molecule has 0 aliphatic carbocycles. The quantitative estimate of drug-likeness (QED) is 0.924. The average molecular weight is 274 g/mol. The number of hydrogen-bond acceptors (Lipinski definition) is 5. The van der Waals surface area contributed by atoms with Crippen LogP contribution in [0.3, 0.4) is 0 Å². The zero-order valence-corrected chi connectivity index (χ0v) is 10.8. The summed E-state index contributed by atoms with van der Waals surface area (Å²) in [7, 11) is 0. The largest absolute Gasteiger partial charge is 0.478 e. The summed E-state index contributed by atoms with van der Waals surface area (Å²) in [5, 5.41) is 17.0. The Bertz CT molecular complexity index is 600. The Morgan fingerprint density at radius 1 is 1.15 bits per heavy atom. The van der Waals surface area contributed by atoms with E-state index in [0.717, 1.165) is 31.6 Å². The minimum Gasteiger partial charge on any atom is -0.478 e. The van der Waals surface area contributed by atoms with Crippen LogP contribution in [0.1, 0.15) is 35.0 Å². The second-order valence-electron chi connectivity index (χ2n) is 4.71. The van der Waals surface area contributed by atoms with Gasteiger partial charge in [0.05, 0.1) is 5.56 Å². The van der Waals surface area contributed by atoms with Gasteiger partial charge in [-0.1, -0.05) is 0 Å². The lowest BCUT2D eigenvalue weighted by Crippen LogP contribution is -2.14. The molecule has 0 radical (unpaired) electrons. The van der Waals surface area contributed by atoms with Crippen molar-refractivity contribution in [1.82, 2.24) is 10.2 Å². The Kier molecular flexibility index (Phi) is 3.47. The topological polar surface area (TPSA) is 85.5 Å². The third-order valence-electron chi connectivity index (χ3n) is 3.39. The van der Waals surface area contributed by atoms with Gasteiger partial charge in [0.1, 0.15) is 0 Å². The summed E-state index contributed by atoms with van der Waals surface area (Å²) >= 11 is 0. The highest BCUT2D eigenvalue weighted by molar-refractivity contribution is 5.88. The highest BCUT2D eigenvalue weighted by Crippen LogP contribution is 2.28. The Labute approximate surface area is 115 Å². The summed E-state index contributed by atoms with van der Waals surface area (Å²) in [4.78, 5) is 10.8. The molecular weight excluding hydrogens is 260 g/mol. The van der Waals surface area contributed by atoms with E-state index < -0.39 is 5.97 Å². The lowest BCUT2D eigenvalue weighted by atomic mass is 10.0. The van der Waals surface area contributed by atoms with Crippen LogP contribution in [0.2, 0.25) is 0 Å². The van der Waals surface area contributed by atoms with Gasteiger partial charge in [0, 0.05) is 24.7 Å². The minimum atomic E-state index is -0.954. The van der Waals surface area contributed by atoms with Crippen LogP contribution in [0.5, 0.6) is 0 Å². The Balaban J connectivity index is 1.80. The third kappa shape index (κ3) is 2.55. The number of carbonyl (C=O) groups is 1. The number of hydrogen-bond donors (Lipinski definition) is 1.